The van der Waals surface area contributed by atoms with Crippen molar-refractivity contribution in [1.29, 1.82) is 0 Å². The number of likely N-dealkylation sites (tertiary alicyclic amines) is 1. The van der Waals surface area contributed by atoms with Gasteiger partial charge in [0.25, 0.3) is 0 Å². The van der Waals surface area contributed by atoms with Crippen molar-refractivity contribution in [3.63, 3.8) is 0 Å². The fourth-order valence-corrected chi connectivity index (χ4v) is 12.6. The average molecular weight is 1040 g/mol. The summed E-state index contributed by atoms with van der Waals surface area (Å²) in [7, 11) is 0. The summed E-state index contributed by atoms with van der Waals surface area (Å²) >= 11 is 1.38. The Labute approximate surface area is 447 Å². The fourth-order valence-electron chi connectivity index (χ4n) is 11.0. The zero-order valence-electron chi connectivity index (χ0n) is 42.3. The predicted octanol–water partition coefficient (Wildman–Crippen LogP) is 7.75. The molecule has 0 saturated carbocycles. The molecule has 7 aromatic rings. The van der Waals surface area contributed by atoms with Gasteiger partial charge < -0.3 is 36.8 Å². The number of rotatable bonds is 21. The number of aliphatic hydroxyl groups is 1. The Morgan fingerprint density at radius 1 is 0.618 bits per heavy atom. The summed E-state index contributed by atoms with van der Waals surface area (Å²) in [4.78, 5) is 71.3. The first-order valence-electron chi connectivity index (χ1n) is 25.6. The van der Waals surface area contributed by atoms with E-state index in [0.717, 1.165) is 39.1 Å². The lowest BCUT2D eigenvalue weighted by Gasteiger charge is -2.48. The number of anilines is 1. The highest BCUT2D eigenvalue weighted by Crippen LogP contribution is 2.56. The molecule has 3 unspecified atom stereocenters. The number of carboxylic acid groups (broad SMARTS) is 1. The van der Waals surface area contributed by atoms with Crippen LogP contribution in [0, 0.1) is 5.92 Å². The first-order valence-corrected chi connectivity index (χ1v) is 26.6. The minimum absolute atomic E-state index is 0.0152. The van der Waals surface area contributed by atoms with Crippen LogP contribution in [0.15, 0.2) is 206 Å². The number of hydrogen-bond donors (Lipinski definition) is 7. The molecule has 2 aliphatic heterocycles. The number of carbonyl (C=O) groups is 5. The number of carbonyl (C=O) groups excluding carboxylic acids is 4. The molecule has 0 spiro atoms. The predicted molar refractivity (Wildman–Crippen MR) is 296 cm³/mol. The van der Waals surface area contributed by atoms with Gasteiger partial charge in [-0.25, -0.2) is 4.79 Å². The molecule has 0 aliphatic carbocycles. The van der Waals surface area contributed by atoms with Gasteiger partial charge in [-0.05, 0) is 45.4 Å². The molecule has 1 saturated heterocycles. The van der Waals surface area contributed by atoms with Crippen LogP contribution in [0.3, 0.4) is 0 Å². The number of thioether (sulfide) groups is 1. The Bertz CT molecular complexity index is 2930. The van der Waals surface area contributed by atoms with Crippen LogP contribution >= 0.6 is 11.8 Å². The van der Waals surface area contributed by atoms with Gasteiger partial charge in [-0.3, -0.25) is 24.1 Å². The van der Waals surface area contributed by atoms with E-state index >= 15 is 0 Å². The number of hydrogen-bond acceptors (Lipinski definition) is 9. The molecule has 0 bridgehead atoms. The number of amides is 4. The lowest BCUT2D eigenvalue weighted by molar-refractivity contribution is -0.141. The van der Waals surface area contributed by atoms with Gasteiger partial charge in [-0.15, -0.1) is 11.8 Å². The topological polar surface area (TPSA) is 189 Å². The number of nitrogens with zero attached hydrogens (tertiary/aromatic N) is 1. The number of fused-ring (bicyclic) bond motifs is 3. The molecule has 0 radical (unpaired) electrons. The lowest BCUT2D eigenvalue weighted by atomic mass is 9.74. The maximum Gasteiger partial charge on any atom is 0.327 e. The van der Waals surface area contributed by atoms with Crippen molar-refractivity contribution in [2.75, 3.05) is 24.2 Å². The van der Waals surface area contributed by atoms with Gasteiger partial charge in [0, 0.05) is 23.4 Å². The van der Waals surface area contributed by atoms with E-state index in [1.54, 1.807) is 6.92 Å². The Morgan fingerprint density at radius 2 is 1.04 bits per heavy atom. The van der Waals surface area contributed by atoms with Crippen molar-refractivity contribution in [2.24, 2.45) is 5.92 Å². The summed E-state index contributed by atoms with van der Waals surface area (Å²) in [5.41, 5.74) is 4.09. The second-order valence-electron chi connectivity index (χ2n) is 19.4. The third-order valence-corrected chi connectivity index (χ3v) is 16.5. The summed E-state index contributed by atoms with van der Waals surface area (Å²) in [6.45, 7) is 2.59. The highest BCUT2D eigenvalue weighted by molar-refractivity contribution is 8.00. The maximum absolute atomic E-state index is 15.0. The molecule has 14 heteroatoms. The van der Waals surface area contributed by atoms with Gasteiger partial charge in [0.2, 0.25) is 23.6 Å². The first-order chi connectivity index (χ1) is 36.9. The first kappa shape index (κ1) is 52.8. The number of para-hydroxylation sites is 1. The minimum Gasteiger partial charge on any atom is -0.480 e. The molecular weight excluding hydrogens is 973 g/mol. The van der Waals surface area contributed by atoms with Gasteiger partial charge in [0.1, 0.15) is 23.9 Å². The average Bonchev–Trinajstić information content (AvgIpc) is 3.99. The van der Waals surface area contributed by atoms with Gasteiger partial charge in [-0.1, -0.05) is 220 Å². The summed E-state index contributed by atoms with van der Waals surface area (Å²) in [6, 6.07) is 63.1. The van der Waals surface area contributed by atoms with E-state index in [4.69, 9.17) is 0 Å². The summed E-state index contributed by atoms with van der Waals surface area (Å²) in [5.74, 6) is -4.21. The van der Waals surface area contributed by atoms with E-state index in [9.17, 15) is 34.2 Å². The molecule has 13 nitrogen and oxygen atoms in total. The summed E-state index contributed by atoms with van der Waals surface area (Å²) in [5, 5.41) is 37.8. The molecule has 9 rings (SSSR count). The third kappa shape index (κ3) is 10.4. The van der Waals surface area contributed by atoms with Crippen molar-refractivity contribution < 1.29 is 34.2 Å². The summed E-state index contributed by atoms with van der Waals surface area (Å²) in [6.07, 6.45) is -0.340. The highest BCUT2D eigenvalue weighted by atomic mass is 32.2. The fraction of sp³-hybridized carbons (Fsp3) is 0.242. The molecule has 4 amide bonds. The van der Waals surface area contributed by atoms with Crippen LogP contribution in [0.5, 0.6) is 0 Å². The molecule has 388 valence electrons. The quantitative estimate of drug-likeness (QED) is 0.0351. The second-order valence-corrected chi connectivity index (χ2v) is 20.6. The van der Waals surface area contributed by atoms with Crippen LogP contribution < -0.4 is 26.6 Å². The van der Waals surface area contributed by atoms with E-state index in [0.29, 0.717) is 12.0 Å². The van der Waals surface area contributed by atoms with Crippen LogP contribution in [0.2, 0.25) is 0 Å². The van der Waals surface area contributed by atoms with Gasteiger partial charge in [-0.2, -0.15) is 0 Å². The van der Waals surface area contributed by atoms with Crippen LogP contribution in [-0.2, 0) is 39.9 Å². The van der Waals surface area contributed by atoms with Crippen molar-refractivity contribution in [1.82, 2.24) is 26.2 Å². The Balaban J connectivity index is 0.907. The SMILES string of the molecule is CC[C@H](C)[C@H](NC(=O)CNC(=O)C1CC2(O)c3ccccc3NC2N1C(c1ccccc1)(c1ccccc1)c1ccccc1)C(=O)NCC(=O)N[C@@H](CSC(c1ccccc1)(c1ccccc1)c1ccccc1)C(=O)O. The van der Waals surface area contributed by atoms with Crippen LogP contribution in [-0.4, -0.2) is 87.8 Å². The standard InChI is InChI=1S/C62H62N6O7S/c1-3-42(2)55(57(72)64-39-53(69)65-51(58(73)74)41-76-62(46-30-16-7-17-31-46,47-32-18-8-19-33-47)48-34-20-9-21-35-48)67-54(70)40-63-56(71)52-38-60(75)49-36-22-23-37-50(49)66-59(60)68(52)61(43-24-10-4-11-25-43,44-26-12-5-13-27-44)45-28-14-6-15-29-45/h4-37,42,51-52,55,59,66,75H,3,38-41H2,1-2H3,(H,63,71)(H,64,72)(H,65,69)(H,67,70)(H,73,74)/t42-,51-,52?,55-,59?,60?/m0/s1. The Morgan fingerprint density at radius 3 is 1.50 bits per heavy atom. The van der Waals surface area contributed by atoms with Gasteiger partial charge in [0.05, 0.1) is 29.4 Å². The molecule has 2 heterocycles. The van der Waals surface area contributed by atoms with E-state index in [-0.39, 0.29) is 12.2 Å². The van der Waals surface area contributed by atoms with Crippen molar-refractivity contribution in [3.8, 4) is 0 Å². The highest BCUT2D eigenvalue weighted by Gasteiger charge is 2.64. The molecule has 7 N–H and O–H groups in total. The number of aliphatic carboxylic acids is 1. The number of carboxylic acids is 1. The maximum atomic E-state index is 15.0. The monoisotopic (exact) mass is 1030 g/mol. The smallest absolute Gasteiger partial charge is 0.327 e. The molecule has 0 aromatic heterocycles. The molecule has 2 aliphatic rings. The summed E-state index contributed by atoms with van der Waals surface area (Å²) < 4.78 is -0.839. The van der Waals surface area contributed by atoms with Crippen LogP contribution in [0.4, 0.5) is 5.69 Å². The Kier molecular flexibility index (Phi) is 16.1. The second kappa shape index (κ2) is 23.2. The van der Waals surface area contributed by atoms with E-state index < -0.39 is 88.8 Å². The normalized spacial score (nSPS) is 18.1. The van der Waals surface area contributed by atoms with Gasteiger partial charge in [0.15, 0.2) is 0 Å². The zero-order chi connectivity index (χ0) is 53.3. The van der Waals surface area contributed by atoms with Crippen LogP contribution in [0.1, 0.15) is 65.6 Å². The minimum atomic E-state index is -1.53. The molecule has 1 fully saturated rings. The van der Waals surface area contributed by atoms with E-state index in [1.807, 2.05) is 218 Å². The van der Waals surface area contributed by atoms with Crippen molar-refractivity contribution in [3.05, 3.63) is 245 Å². The van der Waals surface area contributed by atoms with E-state index in [1.165, 1.54) is 11.8 Å². The van der Waals surface area contributed by atoms with Gasteiger partial charge >= 0.3 is 5.97 Å². The Hall–Kier alpha value is -8.04. The number of nitrogens with one attached hydrogen (secondary N) is 5. The molecular formula is C62H62N6O7S. The molecule has 6 atom stereocenters. The number of benzene rings is 7. The molecule has 7 aromatic carbocycles. The van der Waals surface area contributed by atoms with E-state index in [2.05, 4.69) is 26.6 Å². The zero-order valence-corrected chi connectivity index (χ0v) is 43.2. The van der Waals surface area contributed by atoms with Crippen molar-refractivity contribution in [2.45, 2.75) is 66.9 Å². The van der Waals surface area contributed by atoms with Crippen LogP contribution in [0.25, 0.3) is 0 Å². The third-order valence-electron chi connectivity index (χ3n) is 14.8. The molecule has 76 heavy (non-hydrogen) atoms. The lowest BCUT2D eigenvalue weighted by Crippen LogP contribution is -2.60. The largest absolute Gasteiger partial charge is 0.480 e. The van der Waals surface area contributed by atoms with Crippen molar-refractivity contribution >= 4 is 47.0 Å².